The molecule has 1 N–H and O–H groups in total. The van der Waals surface area contributed by atoms with Gasteiger partial charge in [0.05, 0.1) is 18.5 Å². The van der Waals surface area contributed by atoms with Crippen LogP contribution in [0.3, 0.4) is 0 Å². The average molecular weight is 182 g/mol. The summed E-state index contributed by atoms with van der Waals surface area (Å²) in [7, 11) is 0. The summed E-state index contributed by atoms with van der Waals surface area (Å²) in [6.45, 7) is 0.767. The first-order chi connectivity index (χ1) is 6.31. The van der Waals surface area contributed by atoms with Crippen molar-refractivity contribution in [1.29, 1.82) is 0 Å². The molecule has 2 heteroatoms. The Labute approximate surface area is 79.6 Å². The molecule has 13 heavy (non-hydrogen) atoms. The molecule has 74 valence electrons. The van der Waals surface area contributed by atoms with Gasteiger partial charge in [-0.15, -0.1) is 0 Å². The van der Waals surface area contributed by atoms with E-state index in [2.05, 4.69) is 0 Å². The van der Waals surface area contributed by atoms with Gasteiger partial charge in [-0.25, -0.2) is 0 Å². The van der Waals surface area contributed by atoms with Crippen molar-refractivity contribution in [2.45, 2.75) is 44.1 Å². The Morgan fingerprint density at radius 3 is 2.62 bits per heavy atom. The second kappa shape index (κ2) is 3.70. The van der Waals surface area contributed by atoms with Gasteiger partial charge in [0.1, 0.15) is 0 Å². The predicted octanol–water partition coefficient (Wildman–Crippen LogP) is 2.23. The predicted molar refractivity (Wildman–Crippen MR) is 51.2 cm³/mol. The van der Waals surface area contributed by atoms with Crippen molar-refractivity contribution in [2.75, 3.05) is 6.61 Å². The van der Waals surface area contributed by atoms with Crippen LogP contribution in [0.4, 0.5) is 0 Å². The van der Waals surface area contributed by atoms with Crippen molar-refractivity contribution >= 4 is 0 Å². The standard InChI is InChI=1S/C11H18O2/c12-11(6-2-1-3-7-11)10-4-8-13-9-5-10/h4,8,10,12H,1-3,5-7,9H2/t10-/m0/s1. The van der Waals surface area contributed by atoms with Gasteiger partial charge >= 0.3 is 0 Å². The van der Waals surface area contributed by atoms with Crippen LogP contribution in [0.1, 0.15) is 38.5 Å². The van der Waals surface area contributed by atoms with Gasteiger partial charge in [0.25, 0.3) is 0 Å². The Morgan fingerprint density at radius 2 is 2.00 bits per heavy atom. The van der Waals surface area contributed by atoms with Gasteiger partial charge in [0.2, 0.25) is 0 Å². The third-order valence-electron chi connectivity index (χ3n) is 3.36. The van der Waals surface area contributed by atoms with Gasteiger partial charge in [-0.05, 0) is 25.3 Å². The molecule has 0 amide bonds. The van der Waals surface area contributed by atoms with Crippen molar-refractivity contribution in [3.05, 3.63) is 12.3 Å². The lowest BCUT2D eigenvalue weighted by Gasteiger charge is -2.38. The van der Waals surface area contributed by atoms with Crippen molar-refractivity contribution in [2.24, 2.45) is 5.92 Å². The molecule has 1 fully saturated rings. The average Bonchev–Trinajstić information content (AvgIpc) is 2.20. The molecule has 0 aromatic heterocycles. The van der Waals surface area contributed by atoms with Crippen LogP contribution in [0.25, 0.3) is 0 Å². The quantitative estimate of drug-likeness (QED) is 0.674. The topological polar surface area (TPSA) is 29.5 Å². The van der Waals surface area contributed by atoms with Crippen molar-refractivity contribution in [3.8, 4) is 0 Å². The summed E-state index contributed by atoms with van der Waals surface area (Å²) >= 11 is 0. The fourth-order valence-corrected chi connectivity index (χ4v) is 2.49. The molecule has 1 aliphatic carbocycles. The summed E-state index contributed by atoms with van der Waals surface area (Å²) < 4.78 is 5.14. The summed E-state index contributed by atoms with van der Waals surface area (Å²) in [6.07, 6.45) is 10.4. The first-order valence-corrected chi connectivity index (χ1v) is 5.32. The number of hydrogen-bond acceptors (Lipinski definition) is 2. The van der Waals surface area contributed by atoms with Crippen LogP contribution in [0.5, 0.6) is 0 Å². The van der Waals surface area contributed by atoms with Crippen LogP contribution in [0.2, 0.25) is 0 Å². The van der Waals surface area contributed by atoms with Crippen LogP contribution in [-0.2, 0) is 4.74 Å². The molecule has 0 bridgehead atoms. The lowest BCUT2D eigenvalue weighted by molar-refractivity contribution is -0.0450. The third-order valence-corrected chi connectivity index (χ3v) is 3.36. The van der Waals surface area contributed by atoms with Crippen molar-refractivity contribution < 1.29 is 9.84 Å². The first-order valence-electron chi connectivity index (χ1n) is 5.32. The largest absolute Gasteiger partial charge is 0.501 e. The van der Waals surface area contributed by atoms with Crippen LogP contribution in [0, 0.1) is 5.92 Å². The maximum Gasteiger partial charge on any atom is 0.0879 e. The Balaban J connectivity index is 2.03. The summed E-state index contributed by atoms with van der Waals surface area (Å²) in [4.78, 5) is 0. The van der Waals surface area contributed by atoms with Gasteiger partial charge in [-0.2, -0.15) is 0 Å². The van der Waals surface area contributed by atoms with Crippen LogP contribution >= 0.6 is 0 Å². The number of rotatable bonds is 1. The normalized spacial score (nSPS) is 32.5. The molecule has 1 heterocycles. The van der Waals surface area contributed by atoms with Crippen LogP contribution in [0.15, 0.2) is 12.3 Å². The van der Waals surface area contributed by atoms with E-state index < -0.39 is 5.60 Å². The summed E-state index contributed by atoms with van der Waals surface area (Å²) in [6, 6.07) is 0. The minimum Gasteiger partial charge on any atom is -0.501 e. The summed E-state index contributed by atoms with van der Waals surface area (Å²) in [5.74, 6) is 0.335. The van der Waals surface area contributed by atoms with Crippen LogP contribution in [-0.4, -0.2) is 17.3 Å². The third kappa shape index (κ3) is 1.88. The Kier molecular flexibility index (Phi) is 2.58. The minimum absolute atomic E-state index is 0.335. The van der Waals surface area contributed by atoms with Gasteiger partial charge in [-0.3, -0.25) is 0 Å². The van der Waals surface area contributed by atoms with E-state index in [1.165, 1.54) is 19.3 Å². The number of aliphatic hydroxyl groups is 1. The van der Waals surface area contributed by atoms with E-state index in [1.54, 1.807) is 6.26 Å². The molecular formula is C11H18O2. The van der Waals surface area contributed by atoms with E-state index in [0.29, 0.717) is 5.92 Å². The van der Waals surface area contributed by atoms with E-state index in [1.807, 2.05) is 6.08 Å². The lowest BCUT2D eigenvalue weighted by Crippen LogP contribution is -2.40. The van der Waals surface area contributed by atoms with Crippen LogP contribution < -0.4 is 0 Å². The second-order valence-electron chi connectivity index (χ2n) is 4.26. The van der Waals surface area contributed by atoms with E-state index in [0.717, 1.165) is 25.9 Å². The zero-order valence-corrected chi connectivity index (χ0v) is 8.04. The first kappa shape index (κ1) is 9.07. The SMILES string of the molecule is OC1([C@H]2C=COCC2)CCCCC1. The molecule has 0 radical (unpaired) electrons. The highest BCUT2D eigenvalue weighted by Crippen LogP contribution is 2.37. The monoisotopic (exact) mass is 182 g/mol. The zero-order valence-electron chi connectivity index (χ0n) is 8.04. The van der Waals surface area contributed by atoms with Crippen molar-refractivity contribution in [1.82, 2.24) is 0 Å². The van der Waals surface area contributed by atoms with Crippen molar-refractivity contribution in [3.63, 3.8) is 0 Å². The lowest BCUT2D eigenvalue weighted by atomic mass is 9.74. The van der Waals surface area contributed by atoms with E-state index in [-0.39, 0.29) is 0 Å². The number of ether oxygens (including phenoxy) is 1. The van der Waals surface area contributed by atoms with Gasteiger partial charge in [0.15, 0.2) is 0 Å². The van der Waals surface area contributed by atoms with Gasteiger partial charge in [-0.1, -0.05) is 19.3 Å². The molecule has 2 aliphatic rings. The highest BCUT2D eigenvalue weighted by atomic mass is 16.5. The molecule has 1 atom stereocenters. The highest BCUT2D eigenvalue weighted by molar-refractivity contribution is 5.00. The fourth-order valence-electron chi connectivity index (χ4n) is 2.49. The fraction of sp³-hybridized carbons (Fsp3) is 0.818. The molecule has 2 nitrogen and oxygen atoms in total. The van der Waals surface area contributed by atoms with E-state index >= 15 is 0 Å². The second-order valence-corrected chi connectivity index (χ2v) is 4.26. The maximum absolute atomic E-state index is 10.4. The van der Waals surface area contributed by atoms with E-state index in [4.69, 9.17) is 4.74 Å². The molecule has 0 unspecified atom stereocenters. The molecular weight excluding hydrogens is 164 g/mol. The Morgan fingerprint density at radius 1 is 1.23 bits per heavy atom. The highest BCUT2D eigenvalue weighted by Gasteiger charge is 2.36. The maximum atomic E-state index is 10.4. The molecule has 0 aromatic rings. The zero-order chi connectivity index (χ0) is 9.15. The molecule has 0 spiro atoms. The summed E-state index contributed by atoms with van der Waals surface area (Å²) in [5, 5.41) is 10.4. The molecule has 0 aromatic carbocycles. The Bertz CT molecular complexity index is 192. The van der Waals surface area contributed by atoms with E-state index in [9.17, 15) is 5.11 Å². The molecule has 2 rings (SSSR count). The van der Waals surface area contributed by atoms with Gasteiger partial charge < -0.3 is 9.84 Å². The molecule has 1 aliphatic heterocycles. The molecule has 0 saturated heterocycles. The minimum atomic E-state index is -0.418. The van der Waals surface area contributed by atoms with Gasteiger partial charge in [0, 0.05) is 5.92 Å². The Hall–Kier alpha value is -0.500. The number of hydrogen-bond donors (Lipinski definition) is 1. The molecule has 1 saturated carbocycles. The smallest absolute Gasteiger partial charge is 0.0879 e. The summed E-state index contributed by atoms with van der Waals surface area (Å²) in [5.41, 5.74) is -0.418.